The summed E-state index contributed by atoms with van der Waals surface area (Å²) < 4.78 is 0. The van der Waals surface area contributed by atoms with Gasteiger partial charge in [0.1, 0.15) is 5.69 Å². The number of nitrogens with two attached hydrogens (primary N) is 1. The van der Waals surface area contributed by atoms with Crippen molar-refractivity contribution in [3.63, 3.8) is 0 Å². The van der Waals surface area contributed by atoms with E-state index in [9.17, 15) is 4.79 Å². The molecule has 0 radical (unpaired) electrons. The molecule has 1 aliphatic heterocycles. The fourth-order valence-corrected chi connectivity index (χ4v) is 2.73. The number of benzene rings is 1. The fraction of sp³-hybridized carbons (Fsp3) is 0.400. The van der Waals surface area contributed by atoms with Gasteiger partial charge in [0, 0.05) is 29.7 Å². The Hall–Kier alpha value is -1.97. The molecule has 3 rings (SSSR count). The minimum Gasteiger partial charge on any atom is -0.399 e. The molecule has 1 aromatic carbocycles. The SMILES string of the molecule is CC1CN(C(=O)c2cc3cc(N)ccc3[nH]2)CC1C. The maximum Gasteiger partial charge on any atom is 0.270 e. The second-order valence-corrected chi connectivity index (χ2v) is 5.69. The smallest absolute Gasteiger partial charge is 0.270 e. The Morgan fingerprint density at radius 3 is 2.63 bits per heavy atom. The maximum absolute atomic E-state index is 12.5. The molecule has 2 aromatic rings. The van der Waals surface area contributed by atoms with Gasteiger partial charge in [0.25, 0.3) is 5.91 Å². The van der Waals surface area contributed by atoms with E-state index in [0.717, 1.165) is 24.0 Å². The summed E-state index contributed by atoms with van der Waals surface area (Å²) >= 11 is 0. The zero-order valence-corrected chi connectivity index (χ0v) is 11.3. The molecule has 2 heterocycles. The first-order valence-electron chi connectivity index (χ1n) is 6.72. The number of hydrogen-bond acceptors (Lipinski definition) is 2. The standard InChI is InChI=1S/C15H19N3O/c1-9-7-18(8-10(9)2)15(19)14-6-11-5-12(16)3-4-13(11)17-14/h3-6,9-10,17H,7-8,16H2,1-2H3. The van der Waals surface area contributed by atoms with Gasteiger partial charge in [-0.05, 0) is 36.1 Å². The van der Waals surface area contributed by atoms with Gasteiger partial charge in [-0.2, -0.15) is 0 Å². The van der Waals surface area contributed by atoms with Crippen LogP contribution in [0.3, 0.4) is 0 Å². The zero-order valence-electron chi connectivity index (χ0n) is 11.3. The molecule has 1 aliphatic rings. The number of likely N-dealkylation sites (tertiary alicyclic amines) is 1. The molecule has 0 aliphatic carbocycles. The molecule has 3 N–H and O–H groups in total. The number of amides is 1. The molecule has 0 saturated carbocycles. The van der Waals surface area contributed by atoms with E-state index in [4.69, 9.17) is 5.73 Å². The number of H-pyrrole nitrogens is 1. The second-order valence-electron chi connectivity index (χ2n) is 5.69. The van der Waals surface area contributed by atoms with Crippen molar-refractivity contribution in [3.05, 3.63) is 30.0 Å². The van der Waals surface area contributed by atoms with Crippen molar-refractivity contribution in [2.45, 2.75) is 13.8 Å². The van der Waals surface area contributed by atoms with Gasteiger partial charge < -0.3 is 15.6 Å². The van der Waals surface area contributed by atoms with Gasteiger partial charge in [0.05, 0.1) is 0 Å². The summed E-state index contributed by atoms with van der Waals surface area (Å²) in [6.45, 7) is 6.09. The molecule has 4 heteroatoms. The summed E-state index contributed by atoms with van der Waals surface area (Å²) in [5.41, 5.74) is 8.09. The topological polar surface area (TPSA) is 62.1 Å². The van der Waals surface area contributed by atoms with Gasteiger partial charge in [0.15, 0.2) is 0 Å². The van der Waals surface area contributed by atoms with E-state index in [0.29, 0.717) is 23.2 Å². The number of fused-ring (bicyclic) bond motifs is 1. The largest absolute Gasteiger partial charge is 0.399 e. The van der Waals surface area contributed by atoms with Crippen LogP contribution in [-0.2, 0) is 0 Å². The Kier molecular flexibility index (Phi) is 2.73. The van der Waals surface area contributed by atoms with E-state index in [2.05, 4.69) is 18.8 Å². The van der Waals surface area contributed by atoms with Crippen LogP contribution in [0.2, 0.25) is 0 Å². The van der Waals surface area contributed by atoms with E-state index in [1.807, 2.05) is 29.2 Å². The lowest BCUT2D eigenvalue weighted by atomic mass is 10.0. The van der Waals surface area contributed by atoms with Crippen molar-refractivity contribution in [2.75, 3.05) is 18.8 Å². The number of rotatable bonds is 1. The highest BCUT2D eigenvalue weighted by Gasteiger charge is 2.30. The van der Waals surface area contributed by atoms with Gasteiger partial charge in [-0.25, -0.2) is 0 Å². The number of hydrogen-bond donors (Lipinski definition) is 2. The fourth-order valence-electron chi connectivity index (χ4n) is 2.73. The van der Waals surface area contributed by atoms with Gasteiger partial charge in [-0.3, -0.25) is 4.79 Å². The zero-order chi connectivity index (χ0) is 13.6. The molecule has 4 nitrogen and oxygen atoms in total. The maximum atomic E-state index is 12.5. The van der Waals surface area contributed by atoms with Crippen molar-refractivity contribution in [1.29, 1.82) is 0 Å². The summed E-state index contributed by atoms with van der Waals surface area (Å²) in [7, 11) is 0. The van der Waals surface area contributed by atoms with Crippen molar-refractivity contribution >= 4 is 22.5 Å². The van der Waals surface area contributed by atoms with Crippen LogP contribution in [0.1, 0.15) is 24.3 Å². The number of carbonyl (C=O) groups is 1. The normalized spacial score (nSPS) is 23.2. The van der Waals surface area contributed by atoms with Crippen molar-refractivity contribution in [3.8, 4) is 0 Å². The van der Waals surface area contributed by atoms with E-state index < -0.39 is 0 Å². The summed E-state index contributed by atoms with van der Waals surface area (Å²) in [6, 6.07) is 7.53. The highest BCUT2D eigenvalue weighted by Crippen LogP contribution is 2.25. The Morgan fingerprint density at radius 1 is 1.26 bits per heavy atom. The van der Waals surface area contributed by atoms with Crippen molar-refractivity contribution in [2.24, 2.45) is 11.8 Å². The number of nitrogens with zero attached hydrogens (tertiary/aromatic N) is 1. The number of nitrogens with one attached hydrogen (secondary N) is 1. The Labute approximate surface area is 112 Å². The summed E-state index contributed by atoms with van der Waals surface area (Å²) in [5.74, 6) is 1.24. The van der Waals surface area contributed by atoms with Gasteiger partial charge in [-0.1, -0.05) is 13.8 Å². The van der Waals surface area contributed by atoms with Gasteiger partial charge in [-0.15, -0.1) is 0 Å². The highest BCUT2D eigenvalue weighted by atomic mass is 16.2. The average Bonchev–Trinajstić information content (AvgIpc) is 2.92. The summed E-state index contributed by atoms with van der Waals surface area (Å²) in [6.07, 6.45) is 0. The number of aromatic amines is 1. The second kappa shape index (κ2) is 4.30. The first-order valence-corrected chi connectivity index (χ1v) is 6.72. The van der Waals surface area contributed by atoms with E-state index in [-0.39, 0.29) is 5.91 Å². The highest BCUT2D eigenvalue weighted by molar-refractivity contribution is 5.98. The minimum absolute atomic E-state index is 0.0889. The Bertz CT molecular complexity index is 621. The molecule has 0 bridgehead atoms. The molecular weight excluding hydrogens is 238 g/mol. The van der Waals surface area contributed by atoms with E-state index in [1.54, 1.807) is 0 Å². The predicted octanol–water partition coefficient (Wildman–Crippen LogP) is 2.48. The summed E-state index contributed by atoms with van der Waals surface area (Å²) in [5, 5.41) is 0.989. The molecular formula is C15H19N3O. The number of aromatic nitrogens is 1. The van der Waals surface area contributed by atoms with E-state index >= 15 is 0 Å². The van der Waals surface area contributed by atoms with Crippen LogP contribution in [0.5, 0.6) is 0 Å². The number of carbonyl (C=O) groups excluding carboxylic acids is 1. The Morgan fingerprint density at radius 2 is 1.95 bits per heavy atom. The first kappa shape index (κ1) is 12.1. The van der Waals surface area contributed by atoms with Crippen LogP contribution in [0.25, 0.3) is 10.9 Å². The molecule has 1 fully saturated rings. The van der Waals surface area contributed by atoms with E-state index in [1.165, 1.54) is 0 Å². The number of nitrogen functional groups attached to an aromatic ring is 1. The lowest BCUT2D eigenvalue weighted by molar-refractivity contribution is 0.0780. The van der Waals surface area contributed by atoms with Crippen LogP contribution < -0.4 is 5.73 Å². The quantitative estimate of drug-likeness (QED) is 0.771. The van der Waals surface area contributed by atoms with Crippen molar-refractivity contribution in [1.82, 2.24) is 9.88 Å². The van der Waals surface area contributed by atoms with Crippen LogP contribution in [0.15, 0.2) is 24.3 Å². The van der Waals surface area contributed by atoms with Gasteiger partial charge in [0.2, 0.25) is 0 Å². The van der Waals surface area contributed by atoms with Crippen LogP contribution in [0, 0.1) is 11.8 Å². The Balaban J connectivity index is 1.90. The molecule has 2 atom stereocenters. The van der Waals surface area contributed by atoms with Gasteiger partial charge >= 0.3 is 0 Å². The van der Waals surface area contributed by atoms with Crippen LogP contribution in [-0.4, -0.2) is 28.9 Å². The monoisotopic (exact) mass is 257 g/mol. The molecule has 1 aromatic heterocycles. The lowest BCUT2D eigenvalue weighted by Crippen LogP contribution is -2.29. The molecule has 1 saturated heterocycles. The first-order chi connectivity index (χ1) is 9.04. The molecule has 1 amide bonds. The molecule has 0 spiro atoms. The predicted molar refractivity (Wildman–Crippen MR) is 76.9 cm³/mol. The van der Waals surface area contributed by atoms with Crippen LogP contribution in [0.4, 0.5) is 5.69 Å². The molecule has 100 valence electrons. The third-order valence-corrected chi connectivity index (χ3v) is 4.15. The molecule has 2 unspecified atom stereocenters. The summed E-state index contributed by atoms with van der Waals surface area (Å²) in [4.78, 5) is 17.6. The molecule has 19 heavy (non-hydrogen) atoms. The average molecular weight is 257 g/mol. The van der Waals surface area contributed by atoms with Crippen molar-refractivity contribution < 1.29 is 4.79 Å². The number of anilines is 1. The third kappa shape index (κ3) is 2.07. The minimum atomic E-state index is 0.0889. The van der Waals surface area contributed by atoms with Crippen LogP contribution >= 0.6 is 0 Å². The lowest BCUT2D eigenvalue weighted by Gasteiger charge is -2.14. The third-order valence-electron chi connectivity index (χ3n) is 4.15.